The third kappa shape index (κ3) is 3.88. The number of piperidine rings is 1. The third-order valence-electron chi connectivity index (χ3n) is 4.85. The molecule has 3 heterocycles. The molecular weight excluding hydrogens is 292 g/mol. The third-order valence-corrected chi connectivity index (χ3v) is 4.85. The van der Waals surface area contributed by atoms with Crippen LogP contribution < -0.4 is 0 Å². The highest BCUT2D eigenvalue weighted by atomic mass is 16.2. The summed E-state index contributed by atoms with van der Waals surface area (Å²) in [6.07, 6.45) is 4.78. The first-order valence-electron chi connectivity index (χ1n) is 8.27. The maximum absolute atomic E-state index is 12.6. The summed E-state index contributed by atoms with van der Waals surface area (Å²) in [6, 6.07) is 4.06. The summed E-state index contributed by atoms with van der Waals surface area (Å²) in [7, 11) is 1.81. The molecule has 6 nitrogen and oxygen atoms in total. The van der Waals surface area contributed by atoms with E-state index in [4.69, 9.17) is 0 Å². The molecule has 1 unspecified atom stereocenters. The highest BCUT2D eigenvalue weighted by Gasteiger charge is 2.32. The van der Waals surface area contributed by atoms with E-state index in [1.54, 1.807) is 11.9 Å². The van der Waals surface area contributed by atoms with Crippen LogP contribution in [0.4, 0.5) is 0 Å². The van der Waals surface area contributed by atoms with Gasteiger partial charge in [-0.25, -0.2) is 0 Å². The normalized spacial score (nSPS) is 23.2. The number of nitrogens with zero attached hydrogens (tertiary/aromatic N) is 4. The Labute approximate surface area is 137 Å². The first kappa shape index (κ1) is 15.9. The smallest absolute Gasteiger partial charge is 0.226 e. The summed E-state index contributed by atoms with van der Waals surface area (Å²) in [5.74, 6) is 0.131. The maximum atomic E-state index is 12.6. The van der Waals surface area contributed by atoms with Crippen molar-refractivity contribution in [2.24, 2.45) is 5.92 Å². The Morgan fingerprint density at radius 2 is 1.87 bits per heavy atom. The van der Waals surface area contributed by atoms with Crippen LogP contribution in [0.15, 0.2) is 24.5 Å². The molecule has 3 rings (SSSR count). The first-order valence-corrected chi connectivity index (χ1v) is 8.27. The van der Waals surface area contributed by atoms with Crippen LogP contribution in [-0.4, -0.2) is 71.3 Å². The second-order valence-electron chi connectivity index (χ2n) is 6.46. The van der Waals surface area contributed by atoms with E-state index in [1.807, 2.05) is 29.4 Å². The van der Waals surface area contributed by atoms with Crippen molar-refractivity contribution in [2.45, 2.75) is 19.4 Å². The zero-order valence-electron chi connectivity index (χ0n) is 13.6. The van der Waals surface area contributed by atoms with Gasteiger partial charge in [-0.1, -0.05) is 0 Å². The summed E-state index contributed by atoms with van der Waals surface area (Å²) in [4.78, 5) is 34.4. The lowest BCUT2D eigenvalue weighted by Gasteiger charge is -2.37. The van der Waals surface area contributed by atoms with Crippen molar-refractivity contribution >= 4 is 11.8 Å². The van der Waals surface area contributed by atoms with E-state index in [0.717, 1.165) is 39.1 Å². The van der Waals surface area contributed by atoms with Gasteiger partial charge < -0.3 is 9.80 Å². The van der Waals surface area contributed by atoms with Crippen molar-refractivity contribution < 1.29 is 9.59 Å². The molecule has 1 aromatic rings. The molecule has 0 aliphatic carbocycles. The van der Waals surface area contributed by atoms with Gasteiger partial charge in [0.05, 0.1) is 0 Å². The molecule has 1 atom stereocenters. The minimum Gasteiger partial charge on any atom is -0.346 e. The largest absolute Gasteiger partial charge is 0.346 e. The molecule has 2 saturated heterocycles. The second kappa shape index (κ2) is 7.08. The lowest BCUT2D eigenvalue weighted by atomic mass is 9.94. The van der Waals surface area contributed by atoms with E-state index in [0.29, 0.717) is 13.0 Å². The van der Waals surface area contributed by atoms with Crippen LogP contribution in [0, 0.1) is 5.92 Å². The predicted molar refractivity (Wildman–Crippen MR) is 86.5 cm³/mol. The Balaban J connectivity index is 1.49. The van der Waals surface area contributed by atoms with Crippen LogP contribution in [0.5, 0.6) is 0 Å². The van der Waals surface area contributed by atoms with Gasteiger partial charge in [0, 0.05) is 71.0 Å². The zero-order valence-corrected chi connectivity index (χ0v) is 13.6. The highest BCUT2D eigenvalue weighted by Crippen LogP contribution is 2.20. The number of likely N-dealkylation sites (tertiary alicyclic amines) is 1. The molecule has 2 aliphatic heterocycles. The van der Waals surface area contributed by atoms with E-state index < -0.39 is 0 Å². The molecule has 6 heteroatoms. The van der Waals surface area contributed by atoms with Gasteiger partial charge in [-0.05, 0) is 24.1 Å². The number of hydrogen-bond donors (Lipinski definition) is 0. The predicted octanol–water partition coefficient (Wildman–Crippen LogP) is 0.594. The van der Waals surface area contributed by atoms with Gasteiger partial charge in [-0.15, -0.1) is 0 Å². The second-order valence-corrected chi connectivity index (χ2v) is 6.46. The zero-order chi connectivity index (χ0) is 16.2. The molecular formula is C17H24N4O2. The lowest BCUT2D eigenvalue weighted by Crippen LogP contribution is -2.51. The molecule has 0 radical (unpaired) electrons. The van der Waals surface area contributed by atoms with Crippen molar-refractivity contribution in [2.75, 3.05) is 39.8 Å². The summed E-state index contributed by atoms with van der Waals surface area (Å²) < 4.78 is 0. The standard InChI is InChI=1S/C17H24N4O2/c1-19-7-4-15(12-16(19)22)17(23)21-10-8-20(9-11-21)13-14-2-5-18-6-3-14/h2-3,5-6,15H,4,7-13H2,1H3. The van der Waals surface area contributed by atoms with Crippen LogP contribution in [0.1, 0.15) is 18.4 Å². The SMILES string of the molecule is CN1CCC(C(=O)N2CCN(Cc3ccncc3)CC2)CC1=O. The number of rotatable bonds is 3. The summed E-state index contributed by atoms with van der Waals surface area (Å²) >= 11 is 0. The average Bonchev–Trinajstić information content (AvgIpc) is 2.58. The van der Waals surface area contributed by atoms with Crippen molar-refractivity contribution in [3.05, 3.63) is 30.1 Å². The van der Waals surface area contributed by atoms with Gasteiger partial charge in [-0.2, -0.15) is 0 Å². The maximum Gasteiger partial charge on any atom is 0.226 e. The van der Waals surface area contributed by atoms with Gasteiger partial charge in [0.2, 0.25) is 11.8 Å². The van der Waals surface area contributed by atoms with Gasteiger partial charge in [0.1, 0.15) is 0 Å². The lowest BCUT2D eigenvalue weighted by molar-refractivity contribution is -0.145. The Morgan fingerprint density at radius 1 is 1.17 bits per heavy atom. The molecule has 0 aromatic carbocycles. The average molecular weight is 316 g/mol. The fraction of sp³-hybridized carbons (Fsp3) is 0.588. The van der Waals surface area contributed by atoms with Gasteiger partial charge in [0.25, 0.3) is 0 Å². The number of aromatic nitrogens is 1. The van der Waals surface area contributed by atoms with Crippen molar-refractivity contribution in [1.29, 1.82) is 0 Å². The van der Waals surface area contributed by atoms with Crippen LogP contribution in [0.3, 0.4) is 0 Å². The molecule has 0 bridgehead atoms. The minimum absolute atomic E-state index is 0.0888. The highest BCUT2D eigenvalue weighted by molar-refractivity contribution is 5.87. The van der Waals surface area contributed by atoms with Gasteiger partial charge in [0.15, 0.2) is 0 Å². The van der Waals surface area contributed by atoms with E-state index in [2.05, 4.69) is 9.88 Å². The van der Waals surface area contributed by atoms with Crippen LogP contribution in [0.25, 0.3) is 0 Å². The number of pyridine rings is 1. The molecule has 1 aromatic heterocycles. The molecule has 23 heavy (non-hydrogen) atoms. The summed E-state index contributed by atoms with van der Waals surface area (Å²) in [6.45, 7) is 4.87. The number of piperazine rings is 1. The van der Waals surface area contributed by atoms with Crippen molar-refractivity contribution in [1.82, 2.24) is 19.7 Å². The van der Waals surface area contributed by atoms with Crippen molar-refractivity contribution in [3.8, 4) is 0 Å². The van der Waals surface area contributed by atoms with E-state index in [1.165, 1.54) is 5.56 Å². The number of carbonyl (C=O) groups excluding carboxylic acids is 2. The Kier molecular flexibility index (Phi) is 4.91. The van der Waals surface area contributed by atoms with Crippen LogP contribution in [0.2, 0.25) is 0 Å². The molecule has 0 spiro atoms. The molecule has 124 valence electrons. The molecule has 0 saturated carbocycles. The molecule has 2 amide bonds. The van der Waals surface area contributed by atoms with Crippen LogP contribution >= 0.6 is 0 Å². The first-order chi connectivity index (χ1) is 11.1. The van der Waals surface area contributed by atoms with E-state index in [-0.39, 0.29) is 17.7 Å². The monoisotopic (exact) mass is 316 g/mol. The van der Waals surface area contributed by atoms with Gasteiger partial charge in [-0.3, -0.25) is 19.5 Å². The Bertz CT molecular complexity index is 555. The summed E-state index contributed by atoms with van der Waals surface area (Å²) in [5.41, 5.74) is 1.25. The van der Waals surface area contributed by atoms with E-state index >= 15 is 0 Å². The Morgan fingerprint density at radius 3 is 2.52 bits per heavy atom. The quantitative estimate of drug-likeness (QED) is 0.819. The van der Waals surface area contributed by atoms with Crippen molar-refractivity contribution in [3.63, 3.8) is 0 Å². The fourth-order valence-electron chi connectivity index (χ4n) is 3.28. The fourth-order valence-corrected chi connectivity index (χ4v) is 3.28. The minimum atomic E-state index is -0.120. The number of hydrogen-bond acceptors (Lipinski definition) is 4. The molecule has 2 aliphatic rings. The molecule has 2 fully saturated rings. The van der Waals surface area contributed by atoms with Gasteiger partial charge >= 0.3 is 0 Å². The molecule has 0 N–H and O–H groups in total. The summed E-state index contributed by atoms with van der Waals surface area (Å²) in [5, 5.41) is 0. The Hall–Kier alpha value is -1.95. The van der Waals surface area contributed by atoms with Crippen LogP contribution in [-0.2, 0) is 16.1 Å². The number of carbonyl (C=O) groups is 2. The van der Waals surface area contributed by atoms with E-state index in [9.17, 15) is 9.59 Å². The number of amides is 2. The topological polar surface area (TPSA) is 56.8 Å².